The maximum atomic E-state index is 11.9. The smallest absolute Gasteiger partial charge is 0.210 e. The van der Waals surface area contributed by atoms with Crippen molar-refractivity contribution in [1.29, 1.82) is 0 Å². The van der Waals surface area contributed by atoms with Crippen molar-refractivity contribution >= 4 is 26.0 Å². The predicted octanol–water partition coefficient (Wildman–Crippen LogP) is 1.85. The highest BCUT2D eigenvalue weighted by atomic mass is 79.9. The molecule has 0 heterocycles. The van der Waals surface area contributed by atoms with Crippen LogP contribution >= 0.6 is 15.9 Å². The summed E-state index contributed by atoms with van der Waals surface area (Å²) < 4.78 is 26.3. The lowest BCUT2D eigenvalue weighted by Gasteiger charge is -2.07. The van der Waals surface area contributed by atoms with Gasteiger partial charge in [-0.2, -0.15) is 0 Å². The molecule has 0 amide bonds. The van der Waals surface area contributed by atoms with Gasteiger partial charge in [-0.05, 0) is 42.5 Å². The van der Waals surface area contributed by atoms with E-state index in [0.717, 1.165) is 19.3 Å². The fourth-order valence-corrected chi connectivity index (χ4v) is 3.51. The van der Waals surface area contributed by atoms with E-state index in [1.165, 1.54) is 11.1 Å². The molecule has 2 rings (SSSR count). The molecule has 88 valence electrons. The summed E-state index contributed by atoms with van der Waals surface area (Å²) in [6.07, 6.45) is 3.20. The highest BCUT2D eigenvalue weighted by Gasteiger charge is 2.17. The van der Waals surface area contributed by atoms with E-state index in [0.29, 0.717) is 16.8 Å². The number of hydrogen-bond acceptors (Lipinski definition) is 2. The van der Waals surface area contributed by atoms with Gasteiger partial charge in [-0.25, -0.2) is 13.1 Å². The van der Waals surface area contributed by atoms with Gasteiger partial charge in [0, 0.05) is 11.9 Å². The number of sulfonamides is 1. The summed E-state index contributed by atoms with van der Waals surface area (Å²) in [5.74, 6) is 0. The first kappa shape index (κ1) is 12.1. The van der Waals surface area contributed by atoms with Crippen LogP contribution in [0.1, 0.15) is 17.5 Å². The van der Waals surface area contributed by atoms with Gasteiger partial charge in [0.05, 0.1) is 4.90 Å². The molecule has 0 bridgehead atoms. The highest BCUT2D eigenvalue weighted by Crippen LogP contribution is 2.24. The monoisotopic (exact) mass is 303 g/mol. The summed E-state index contributed by atoms with van der Waals surface area (Å²) in [7, 11) is -3.32. The Bertz CT molecular complexity index is 485. The third kappa shape index (κ3) is 2.47. The maximum absolute atomic E-state index is 11.9. The van der Waals surface area contributed by atoms with Gasteiger partial charge in [-0.3, -0.25) is 0 Å². The fourth-order valence-electron chi connectivity index (χ4n) is 1.97. The van der Waals surface area contributed by atoms with Gasteiger partial charge in [0.2, 0.25) is 10.0 Å². The van der Waals surface area contributed by atoms with Crippen LogP contribution in [0.2, 0.25) is 0 Å². The first-order valence-electron chi connectivity index (χ1n) is 5.31. The van der Waals surface area contributed by atoms with Gasteiger partial charge >= 0.3 is 0 Å². The zero-order valence-electron chi connectivity index (χ0n) is 8.87. The molecule has 0 fully saturated rings. The van der Waals surface area contributed by atoms with E-state index in [4.69, 9.17) is 0 Å². The number of alkyl halides is 1. The zero-order valence-corrected chi connectivity index (χ0v) is 11.3. The lowest BCUT2D eigenvalue weighted by molar-refractivity contribution is 0.584. The average molecular weight is 304 g/mol. The standard InChI is InChI=1S/C11H14BrNO2S/c12-6-7-13-16(14,15)11-5-4-9-2-1-3-10(9)8-11/h4-5,8,13H,1-3,6-7H2. The van der Waals surface area contributed by atoms with Crippen molar-refractivity contribution < 1.29 is 8.42 Å². The minimum Gasteiger partial charge on any atom is -0.210 e. The summed E-state index contributed by atoms with van der Waals surface area (Å²) in [5, 5.41) is 0.622. The van der Waals surface area contributed by atoms with Gasteiger partial charge in [0.15, 0.2) is 0 Å². The van der Waals surface area contributed by atoms with Crippen LogP contribution in [0.3, 0.4) is 0 Å². The Morgan fingerprint density at radius 3 is 2.75 bits per heavy atom. The van der Waals surface area contributed by atoms with Crippen molar-refractivity contribution in [1.82, 2.24) is 4.72 Å². The lowest BCUT2D eigenvalue weighted by atomic mass is 10.1. The molecule has 0 saturated heterocycles. The summed E-state index contributed by atoms with van der Waals surface area (Å²) in [6.45, 7) is 0.416. The molecule has 3 nitrogen and oxygen atoms in total. The van der Waals surface area contributed by atoms with E-state index < -0.39 is 10.0 Å². The Hall–Kier alpha value is -0.390. The molecule has 1 aliphatic carbocycles. The van der Waals surface area contributed by atoms with Crippen molar-refractivity contribution in [3.63, 3.8) is 0 Å². The Labute approximate surface area is 104 Å². The van der Waals surface area contributed by atoms with Gasteiger partial charge in [0.25, 0.3) is 0 Å². The van der Waals surface area contributed by atoms with Gasteiger partial charge < -0.3 is 0 Å². The van der Waals surface area contributed by atoms with Crippen LogP contribution in [0, 0.1) is 0 Å². The highest BCUT2D eigenvalue weighted by molar-refractivity contribution is 9.09. The second kappa shape index (κ2) is 4.85. The van der Waals surface area contributed by atoms with Crippen LogP contribution in [0.5, 0.6) is 0 Å². The molecule has 0 spiro atoms. The van der Waals surface area contributed by atoms with E-state index in [-0.39, 0.29) is 0 Å². The molecule has 1 aromatic rings. The molecule has 16 heavy (non-hydrogen) atoms. The first-order chi connectivity index (χ1) is 7.63. The van der Waals surface area contributed by atoms with Crippen LogP contribution in [0.4, 0.5) is 0 Å². The SMILES string of the molecule is O=S(=O)(NCCBr)c1ccc2c(c1)CCC2. The number of halogens is 1. The number of rotatable bonds is 4. The number of nitrogens with one attached hydrogen (secondary N) is 1. The average Bonchev–Trinajstić information content (AvgIpc) is 2.73. The summed E-state index contributed by atoms with van der Waals surface area (Å²) in [6, 6.07) is 5.44. The van der Waals surface area contributed by atoms with E-state index in [1.807, 2.05) is 6.07 Å². The molecule has 5 heteroatoms. The van der Waals surface area contributed by atoms with Crippen molar-refractivity contribution in [3.05, 3.63) is 29.3 Å². The molecule has 0 saturated carbocycles. The molecule has 0 aromatic heterocycles. The van der Waals surface area contributed by atoms with Crippen molar-refractivity contribution in [3.8, 4) is 0 Å². The molecule has 0 aliphatic heterocycles. The molecule has 1 aromatic carbocycles. The molecular weight excluding hydrogens is 290 g/mol. The Balaban J connectivity index is 2.27. The third-order valence-electron chi connectivity index (χ3n) is 2.77. The van der Waals surface area contributed by atoms with Crippen LogP contribution in [0.25, 0.3) is 0 Å². The second-order valence-corrected chi connectivity index (χ2v) is 6.43. The minimum atomic E-state index is -3.32. The molecule has 0 atom stereocenters. The van der Waals surface area contributed by atoms with E-state index in [2.05, 4.69) is 20.7 Å². The number of hydrogen-bond donors (Lipinski definition) is 1. The quantitative estimate of drug-likeness (QED) is 0.863. The lowest BCUT2D eigenvalue weighted by Crippen LogP contribution is -2.25. The molecule has 0 unspecified atom stereocenters. The molecular formula is C11H14BrNO2S. The summed E-state index contributed by atoms with van der Waals surface area (Å²) >= 11 is 3.20. The molecule has 1 N–H and O–H groups in total. The molecule has 0 radical (unpaired) electrons. The van der Waals surface area contributed by atoms with E-state index in [1.54, 1.807) is 12.1 Å². The fraction of sp³-hybridized carbons (Fsp3) is 0.455. The summed E-state index contributed by atoms with van der Waals surface area (Å²) in [5.41, 5.74) is 2.47. The summed E-state index contributed by atoms with van der Waals surface area (Å²) in [4.78, 5) is 0.383. The topological polar surface area (TPSA) is 46.2 Å². The van der Waals surface area contributed by atoms with Gasteiger partial charge in [-0.1, -0.05) is 22.0 Å². The van der Waals surface area contributed by atoms with Crippen molar-refractivity contribution in [2.24, 2.45) is 0 Å². The minimum absolute atomic E-state index is 0.383. The Morgan fingerprint density at radius 1 is 1.25 bits per heavy atom. The third-order valence-corrected chi connectivity index (χ3v) is 4.62. The van der Waals surface area contributed by atoms with Crippen molar-refractivity contribution in [2.75, 3.05) is 11.9 Å². The number of aryl methyl sites for hydroxylation is 2. The number of fused-ring (bicyclic) bond motifs is 1. The van der Waals surface area contributed by atoms with Crippen LogP contribution in [0.15, 0.2) is 23.1 Å². The number of benzene rings is 1. The van der Waals surface area contributed by atoms with Crippen LogP contribution < -0.4 is 4.72 Å². The predicted molar refractivity (Wildman–Crippen MR) is 67.4 cm³/mol. The maximum Gasteiger partial charge on any atom is 0.240 e. The largest absolute Gasteiger partial charge is 0.240 e. The van der Waals surface area contributed by atoms with Crippen LogP contribution in [-0.4, -0.2) is 20.3 Å². The van der Waals surface area contributed by atoms with Crippen LogP contribution in [-0.2, 0) is 22.9 Å². The van der Waals surface area contributed by atoms with Gasteiger partial charge in [0.1, 0.15) is 0 Å². The Kier molecular flexibility index (Phi) is 3.66. The second-order valence-electron chi connectivity index (χ2n) is 3.87. The Morgan fingerprint density at radius 2 is 2.00 bits per heavy atom. The molecule has 1 aliphatic rings. The van der Waals surface area contributed by atoms with Crippen molar-refractivity contribution in [2.45, 2.75) is 24.2 Å². The van der Waals surface area contributed by atoms with Gasteiger partial charge in [-0.15, -0.1) is 0 Å². The normalized spacial score (nSPS) is 15.1. The zero-order chi connectivity index (χ0) is 11.6. The van der Waals surface area contributed by atoms with E-state index in [9.17, 15) is 8.42 Å². The van der Waals surface area contributed by atoms with E-state index >= 15 is 0 Å². The first-order valence-corrected chi connectivity index (χ1v) is 7.91.